The summed E-state index contributed by atoms with van der Waals surface area (Å²) in [4.78, 5) is 22.1. The lowest BCUT2D eigenvalue weighted by molar-refractivity contribution is 0.653. The Hall–Kier alpha value is -6.08. The SMILES string of the molecule is Cc1ccc2c(n1)oc1c(-c3cccc(N(c4ccccc4)c4cccc(-c5nccn5-c5c(C(C)C)cccc5C(C)C)n4)n3)cccc12. The molecule has 0 saturated heterocycles. The van der Waals surface area contributed by atoms with Crippen LogP contribution in [-0.2, 0) is 0 Å². The van der Waals surface area contributed by atoms with Crippen LogP contribution in [0.5, 0.6) is 0 Å². The van der Waals surface area contributed by atoms with Crippen molar-refractivity contribution >= 4 is 39.4 Å². The molecule has 246 valence electrons. The lowest BCUT2D eigenvalue weighted by Crippen LogP contribution is -2.14. The second-order valence-electron chi connectivity index (χ2n) is 13.2. The number of fused-ring (bicyclic) bond motifs is 3. The van der Waals surface area contributed by atoms with Crippen molar-refractivity contribution in [1.82, 2.24) is 24.5 Å². The maximum absolute atomic E-state index is 6.35. The first-order chi connectivity index (χ1) is 24.4. The van der Waals surface area contributed by atoms with E-state index in [2.05, 4.69) is 90.7 Å². The molecule has 50 heavy (non-hydrogen) atoms. The fourth-order valence-electron chi connectivity index (χ4n) is 6.77. The number of benzene rings is 3. The van der Waals surface area contributed by atoms with E-state index in [4.69, 9.17) is 19.4 Å². The average molecular weight is 655 g/mol. The molecular formula is C43H38N6O. The monoisotopic (exact) mass is 654 g/mol. The van der Waals surface area contributed by atoms with Gasteiger partial charge in [0.15, 0.2) is 5.82 Å². The summed E-state index contributed by atoms with van der Waals surface area (Å²) in [6.07, 6.45) is 3.91. The average Bonchev–Trinajstić information content (AvgIpc) is 3.77. The third kappa shape index (κ3) is 5.50. The first kappa shape index (κ1) is 31.2. The van der Waals surface area contributed by atoms with Gasteiger partial charge in [0.25, 0.3) is 0 Å². The Morgan fingerprint density at radius 1 is 0.620 bits per heavy atom. The highest BCUT2D eigenvalue weighted by atomic mass is 16.3. The smallest absolute Gasteiger partial charge is 0.227 e. The Morgan fingerprint density at radius 2 is 1.28 bits per heavy atom. The maximum atomic E-state index is 6.35. The number of pyridine rings is 3. The highest BCUT2D eigenvalue weighted by Gasteiger charge is 2.22. The van der Waals surface area contributed by atoms with Crippen LogP contribution in [-0.4, -0.2) is 24.5 Å². The molecule has 5 heterocycles. The summed E-state index contributed by atoms with van der Waals surface area (Å²) in [6, 6.07) is 39.3. The molecule has 0 saturated carbocycles. The molecule has 7 heteroatoms. The molecule has 0 aliphatic rings. The largest absolute Gasteiger partial charge is 0.437 e. The van der Waals surface area contributed by atoms with Crippen LogP contribution < -0.4 is 4.90 Å². The van der Waals surface area contributed by atoms with Crippen LogP contribution in [0.3, 0.4) is 0 Å². The zero-order valence-corrected chi connectivity index (χ0v) is 28.9. The number of imidazole rings is 1. The van der Waals surface area contributed by atoms with E-state index in [1.54, 1.807) is 0 Å². The maximum Gasteiger partial charge on any atom is 0.227 e. The summed E-state index contributed by atoms with van der Waals surface area (Å²) < 4.78 is 8.55. The van der Waals surface area contributed by atoms with Gasteiger partial charge in [-0.25, -0.2) is 19.9 Å². The summed E-state index contributed by atoms with van der Waals surface area (Å²) in [7, 11) is 0. The molecule has 0 atom stereocenters. The Balaban J connectivity index is 1.26. The van der Waals surface area contributed by atoms with Gasteiger partial charge in [-0.15, -0.1) is 0 Å². The molecule has 8 rings (SSSR count). The van der Waals surface area contributed by atoms with E-state index in [-0.39, 0.29) is 0 Å². The fourth-order valence-corrected chi connectivity index (χ4v) is 6.77. The lowest BCUT2D eigenvalue weighted by atomic mass is 9.92. The molecule has 7 nitrogen and oxygen atoms in total. The topological polar surface area (TPSA) is 72.9 Å². The number of furan rings is 1. The van der Waals surface area contributed by atoms with Gasteiger partial charge in [0.1, 0.15) is 22.9 Å². The molecule has 0 amide bonds. The van der Waals surface area contributed by atoms with Crippen LogP contribution in [0.1, 0.15) is 56.4 Å². The van der Waals surface area contributed by atoms with Gasteiger partial charge >= 0.3 is 0 Å². The van der Waals surface area contributed by atoms with E-state index in [0.29, 0.717) is 17.5 Å². The Labute approximate surface area is 291 Å². The van der Waals surface area contributed by atoms with Gasteiger partial charge < -0.3 is 4.42 Å². The molecule has 0 aliphatic carbocycles. The second kappa shape index (κ2) is 12.7. The standard InChI is InChI=1S/C43H38N6O/c1-27(2)31-15-9-16-32(28(3)4)40(31)48-26-25-44-42(48)37-20-12-22-39(47-37)49(30-13-7-6-8-14-30)38-21-11-19-36(46-38)35-18-10-17-33-34-24-23-29(5)45-43(34)50-41(33)35/h6-28H,1-5H3. The van der Waals surface area contributed by atoms with Gasteiger partial charge in [-0.3, -0.25) is 9.47 Å². The molecule has 0 N–H and O–H groups in total. The van der Waals surface area contributed by atoms with E-state index in [9.17, 15) is 0 Å². The van der Waals surface area contributed by atoms with Crippen LogP contribution >= 0.6 is 0 Å². The van der Waals surface area contributed by atoms with Crippen LogP contribution in [0.2, 0.25) is 0 Å². The minimum atomic E-state index is 0.343. The van der Waals surface area contributed by atoms with Gasteiger partial charge in [-0.2, -0.15) is 0 Å². The van der Waals surface area contributed by atoms with Crippen molar-refractivity contribution in [1.29, 1.82) is 0 Å². The minimum absolute atomic E-state index is 0.343. The molecule has 8 aromatic rings. The summed E-state index contributed by atoms with van der Waals surface area (Å²) in [6.45, 7) is 10.9. The van der Waals surface area contributed by atoms with Crippen LogP contribution in [0.15, 0.2) is 132 Å². The van der Waals surface area contributed by atoms with E-state index >= 15 is 0 Å². The number of rotatable bonds is 8. The van der Waals surface area contributed by atoms with Gasteiger partial charge in [-0.05, 0) is 84.5 Å². The zero-order valence-electron chi connectivity index (χ0n) is 28.9. The normalized spacial score (nSPS) is 11.7. The molecule has 0 unspecified atom stereocenters. The summed E-state index contributed by atoms with van der Waals surface area (Å²) in [5.74, 6) is 2.94. The second-order valence-corrected chi connectivity index (χ2v) is 13.2. The Kier molecular flexibility index (Phi) is 7.96. The van der Waals surface area contributed by atoms with Gasteiger partial charge in [0.05, 0.1) is 11.4 Å². The highest BCUT2D eigenvalue weighted by Crippen LogP contribution is 2.39. The first-order valence-corrected chi connectivity index (χ1v) is 17.1. The van der Waals surface area contributed by atoms with Gasteiger partial charge in [-0.1, -0.05) is 88.4 Å². The minimum Gasteiger partial charge on any atom is -0.437 e. The highest BCUT2D eigenvalue weighted by molar-refractivity contribution is 6.08. The molecule has 0 fully saturated rings. The number of hydrogen-bond acceptors (Lipinski definition) is 6. The predicted octanol–water partition coefficient (Wildman–Crippen LogP) is 11.3. The van der Waals surface area contributed by atoms with E-state index in [1.807, 2.05) is 86.0 Å². The number of anilines is 3. The molecular weight excluding hydrogens is 617 g/mol. The third-order valence-corrected chi connectivity index (χ3v) is 9.17. The third-order valence-electron chi connectivity index (χ3n) is 9.17. The van der Waals surface area contributed by atoms with Crippen molar-refractivity contribution in [2.75, 3.05) is 4.90 Å². The van der Waals surface area contributed by atoms with Gasteiger partial charge in [0.2, 0.25) is 5.71 Å². The van der Waals surface area contributed by atoms with Crippen molar-refractivity contribution in [3.8, 4) is 28.5 Å². The van der Waals surface area contributed by atoms with Crippen molar-refractivity contribution in [3.05, 3.63) is 144 Å². The Morgan fingerprint density at radius 3 is 2.00 bits per heavy atom. The van der Waals surface area contributed by atoms with Crippen LogP contribution in [0.25, 0.3) is 50.5 Å². The Bertz CT molecular complexity index is 2450. The van der Waals surface area contributed by atoms with E-state index in [1.165, 1.54) is 16.8 Å². The summed E-state index contributed by atoms with van der Waals surface area (Å²) in [5, 5.41) is 2.01. The molecule has 0 bridgehead atoms. The van der Waals surface area contributed by atoms with Gasteiger partial charge in [0, 0.05) is 40.1 Å². The van der Waals surface area contributed by atoms with Crippen molar-refractivity contribution in [2.24, 2.45) is 0 Å². The summed E-state index contributed by atoms with van der Waals surface area (Å²) >= 11 is 0. The van der Waals surface area contributed by atoms with E-state index < -0.39 is 0 Å². The lowest BCUT2D eigenvalue weighted by Gasteiger charge is -2.24. The van der Waals surface area contributed by atoms with Crippen LogP contribution in [0, 0.1) is 6.92 Å². The van der Waals surface area contributed by atoms with Crippen molar-refractivity contribution in [3.63, 3.8) is 0 Å². The molecule has 3 aromatic carbocycles. The van der Waals surface area contributed by atoms with E-state index in [0.717, 1.165) is 62.1 Å². The number of aryl methyl sites for hydroxylation is 1. The number of hydrogen-bond donors (Lipinski definition) is 0. The van der Waals surface area contributed by atoms with Crippen LogP contribution in [0.4, 0.5) is 17.3 Å². The predicted molar refractivity (Wildman–Crippen MR) is 203 cm³/mol. The summed E-state index contributed by atoms with van der Waals surface area (Å²) in [5.41, 5.74) is 9.47. The fraction of sp³-hybridized carbons (Fsp3) is 0.163. The number of para-hydroxylation sites is 3. The molecule has 0 radical (unpaired) electrons. The van der Waals surface area contributed by atoms with Crippen molar-refractivity contribution in [2.45, 2.75) is 46.5 Å². The molecule has 0 spiro atoms. The first-order valence-electron chi connectivity index (χ1n) is 17.1. The molecule has 0 aliphatic heterocycles. The number of aromatic nitrogens is 5. The molecule has 5 aromatic heterocycles. The zero-order chi connectivity index (χ0) is 34.4. The number of nitrogens with zero attached hydrogens (tertiary/aromatic N) is 6. The quantitative estimate of drug-likeness (QED) is 0.162. The van der Waals surface area contributed by atoms with Crippen molar-refractivity contribution < 1.29 is 4.42 Å².